The molecule has 7 heteroatoms. The number of amides is 1. The van der Waals surface area contributed by atoms with Crippen molar-refractivity contribution in [1.29, 1.82) is 0 Å². The zero-order valence-electron chi connectivity index (χ0n) is 20.7. The molecule has 186 valence electrons. The van der Waals surface area contributed by atoms with Crippen molar-refractivity contribution in [3.8, 4) is 11.5 Å². The summed E-state index contributed by atoms with van der Waals surface area (Å²) in [4.78, 5) is 17.6. The Kier molecular flexibility index (Phi) is 8.28. The van der Waals surface area contributed by atoms with Crippen molar-refractivity contribution in [3.05, 3.63) is 94.8 Å². The van der Waals surface area contributed by atoms with Gasteiger partial charge in [0.1, 0.15) is 5.82 Å². The van der Waals surface area contributed by atoms with Crippen molar-refractivity contribution in [2.24, 2.45) is 0 Å². The quantitative estimate of drug-likeness (QED) is 0.245. The van der Waals surface area contributed by atoms with Crippen LogP contribution in [0.15, 0.2) is 72.8 Å². The predicted molar refractivity (Wildman–Crippen MR) is 145 cm³/mol. The maximum atomic E-state index is 12.8. The van der Waals surface area contributed by atoms with Crippen LogP contribution in [0.1, 0.15) is 48.1 Å². The van der Waals surface area contributed by atoms with Crippen LogP contribution >= 0.6 is 11.6 Å². The maximum Gasteiger partial charge on any atom is 0.251 e. The van der Waals surface area contributed by atoms with E-state index in [1.165, 1.54) is 0 Å². The number of halogens is 1. The van der Waals surface area contributed by atoms with Crippen LogP contribution in [0, 0.1) is 0 Å². The molecule has 1 amide bonds. The van der Waals surface area contributed by atoms with Gasteiger partial charge >= 0.3 is 0 Å². The topological polar surface area (TPSA) is 65.4 Å². The van der Waals surface area contributed by atoms with Crippen molar-refractivity contribution >= 4 is 34.6 Å². The zero-order valence-corrected chi connectivity index (χ0v) is 21.5. The number of hydrogen-bond acceptors (Lipinski definition) is 4. The predicted octanol–water partition coefficient (Wildman–Crippen LogP) is 6.69. The Bertz CT molecular complexity index is 1360. The van der Waals surface area contributed by atoms with Gasteiger partial charge in [0.05, 0.1) is 30.8 Å². The number of carbonyl (C=O) groups is 1. The molecule has 1 atom stereocenters. The van der Waals surface area contributed by atoms with Crippen LogP contribution in [0.5, 0.6) is 11.5 Å². The molecule has 1 unspecified atom stereocenters. The van der Waals surface area contributed by atoms with Crippen LogP contribution < -0.4 is 14.8 Å². The van der Waals surface area contributed by atoms with Gasteiger partial charge in [-0.2, -0.15) is 0 Å². The molecule has 0 saturated carbocycles. The lowest BCUT2D eigenvalue weighted by Crippen LogP contribution is -2.28. The molecule has 6 nitrogen and oxygen atoms in total. The minimum atomic E-state index is -0.291. The second-order valence-corrected chi connectivity index (χ2v) is 8.86. The number of benzene rings is 3. The molecule has 1 heterocycles. The third-order valence-electron chi connectivity index (χ3n) is 5.86. The number of ether oxygens (including phenoxy) is 2. The van der Waals surface area contributed by atoms with Crippen LogP contribution in [-0.4, -0.2) is 29.2 Å². The average molecular weight is 504 g/mol. The fourth-order valence-electron chi connectivity index (χ4n) is 4.11. The van der Waals surface area contributed by atoms with Gasteiger partial charge in [-0.25, -0.2) is 4.98 Å². The number of para-hydroxylation sites is 2. The van der Waals surface area contributed by atoms with E-state index in [-0.39, 0.29) is 11.9 Å². The third kappa shape index (κ3) is 5.89. The number of nitrogens with zero attached hydrogens (tertiary/aromatic N) is 2. The molecule has 0 radical (unpaired) electrons. The molecule has 4 aromatic rings. The van der Waals surface area contributed by atoms with E-state index in [9.17, 15) is 4.79 Å². The van der Waals surface area contributed by atoms with Gasteiger partial charge in [0.15, 0.2) is 11.5 Å². The number of fused-ring (bicyclic) bond motifs is 1. The summed E-state index contributed by atoms with van der Waals surface area (Å²) < 4.78 is 13.7. The number of aryl methyl sites for hydroxylation is 1. The first kappa shape index (κ1) is 25.3. The Morgan fingerprint density at radius 3 is 2.64 bits per heavy atom. The lowest BCUT2D eigenvalue weighted by atomic mass is 10.2. The monoisotopic (exact) mass is 503 g/mol. The number of aromatic nitrogens is 2. The SMILES string of the molecule is C/C=C/c1ccc(OCCCn2c(C(C)NC(=O)c3ccc(Cl)cc3)nc3ccccc32)c(OC)c1. The summed E-state index contributed by atoms with van der Waals surface area (Å²) in [5.74, 6) is 2.05. The van der Waals surface area contributed by atoms with Crippen LogP contribution in [0.25, 0.3) is 17.1 Å². The minimum Gasteiger partial charge on any atom is -0.493 e. The molecule has 0 aliphatic carbocycles. The highest BCUT2D eigenvalue weighted by molar-refractivity contribution is 6.30. The van der Waals surface area contributed by atoms with Gasteiger partial charge in [-0.05, 0) is 74.4 Å². The van der Waals surface area contributed by atoms with Crippen molar-refractivity contribution in [2.45, 2.75) is 32.9 Å². The maximum absolute atomic E-state index is 12.8. The second-order valence-electron chi connectivity index (χ2n) is 8.42. The van der Waals surface area contributed by atoms with Crippen molar-refractivity contribution in [1.82, 2.24) is 14.9 Å². The highest BCUT2D eigenvalue weighted by Crippen LogP contribution is 2.29. The lowest BCUT2D eigenvalue weighted by molar-refractivity contribution is 0.0937. The van der Waals surface area contributed by atoms with Gasteiger partial charge in [-0.1, -0.05) is 42.0 Å². The fourth-order valence-corrected chi connectivity index (χ4v) is 4.24. The summed E-state index contributed by atoms with van der Waals surface area (Å²) in [6.45, 7) is 5.13. The van der Waals surface area contributed by atoms with Gasteiger partial charge in [-0.3, -0.25) is 4.79 Å². The molecule has 1 N–H and O–H groups in total. The van der Waals surface area contributed by atoms with Crippen molar-refractivity contribution in [2.75, 3.05) is 13.7 Å². The first-order valence-corrected chi connectivity index (χ1v) is 12.3. The molecular weight excluding hydrogens is 474 g/mol. The molecule has 36 heavy (non-hydrogen) atoms. The molecule has 4 rings (SSSR count). The van der Waals surface area contributed by atoms with E-state index in [4.69, 9.17) is 26.1 Å². The summed E-state index contributed by atoms with van der Waals surface area (Å²) in [6, 6.07) is 20.4. The van der Waals surface area contributed by atoms with Crippen molar-refractivity contribution < 1.29 is 14.3 Å². The van der Waals surface area contributed by atoms with Crippen molar-refractivity contribution in [3.63, 3.8) is 0 Å². The number of methoxy groups -OCH3 is 1. The van der Waals surface area contributed by atoms with Gasteiger partial charge in [0, 0.05) is 17.1 Å². The normalized spacial score (nSPS) is 12.1. The van der Waals surface area contributed by atoms with E-state index in [1.807, 2.05) is 68.5 Å². The molecule has 3 aromatic carbocycles. The summed E-state index contributed by atoms with van der Waals surface area (Å²) in [7, 11) is 1.64. The molecular formula is C29H30ClN3O3. The molecule has 0 bridgehead atoms. The summed E-state index contributed by atoms with van der Waals surface area (Å²) in [6.07, 6.45) is 4.76. The van der Waals surface area contributed by atoms with Gasteiger partial charge in [0.2, 0.25) is 0 Å². The van der Waals surface area contributed by atoms with Crippen LogP contribution in [-0.2, 0) is 6.54 Å². The first-order chi connectivity index (χ1) is 17.5. The second kappa shape index (κ2) is 11.8. The van der Waals surface area contributed by atoms with E-state index in [0.717, 1.165) is 28.8 Å². The van der Waals surface area contributed by atoms with E-state index in [2.05, 4.69) is 9.88 Å². The van der Waals surface area contributed by atoms with E-state index in [1.54, 1.807) is 31.4 Å². The standard InChI is InChI=1S/C29H30ClN3O3/c1-4-8-21-11-16-26(27(19-21)35-3)36-18-7-17-33-25-10-6-5-9-24(25)32-28(33)20(2)31-29(34)22-12-14-23(30)15-13-22/h4-6,8-16,19-20H,7,17-18H2,1-3H3,(H,31,34)/b8-4+. The Morgan fingerprint density at radius 1 is 1.11 bits per heavy atom. The summed E-state index contributed by atoms with van der Waals surface area (Å²) in [5.41, 5.74) is 3.53. The molecule has 0 saturated heterocycles. The van der Waals surface area contributed by atoms with Gasteiger partial charge in [0.25, 0.3) is 5.91 Å². The molecule has 1 aromatic heterocycles. The molecule has 0 spiro atoms. The van der Waals surface area contributed by atoms with Gasteiger partial charge < -0.3 is 19.4 Å². The molecule has 0 aliphatic heterocycles. The van der Waals surface area contributed by atoms with Crippen LogP contribution in [0.4, 0.5) is 0 Å². The highest BCUT2D eigenvalue weighted by Gasteiger charge is 2.19. The number of nitrogens with one attached hydrogen (secondary N) is 1. The van der Waals surface area contributed by atoms with Crippen LogP contribution in [0.3, 0.4) is 0 Å². The number of hydrogen-bond donors (Lipinski definition) is 1. The Balaban J connectivity index is 1.46. The molecule has 0 fully saturated rings. The summed E-state index contributed by atoms with van der Waals surface area (Å²) >= 11 is 5.96. The van der Waals surface area contributed by atoms with Crippen LogP contribution in [0.2, 0.25) is 5.02 Å². The fraction of sp³-hybridized carbons (Fsp3) is 0.241. The number of allylic oxidation sites excluding steroid dienone is 1. The number of rotatable bonds is 10. The zero-order chi connectivity index (χ0) is 25.5. The number of imidazole rings is 1. The van der Waals surface area contributed by atoms with E-state index < -0.39 is 0 Å². The molecule has 0 aliphatic rings. The first-order valence-electron chi connectivity index (χ1n) is 11.9. The Labute approximate surface area is 216 Å². The highest BCUT2D eigenvalue weighted by atomic mass is 35.5. The van der Waals surface area contributed by atoms with E-state index >= 15 is 0 Å². The third-order valence-corrected chi connectivity index (χ3v) is 6.11. The smallest absolute Gasteiger partial charge is 0.251 e. The number of carbonyl (C=O) groups excluding carboxylic acids is 1. The van der Waals surface area contributed by atoms with Gasteiger partial charge in [-0.15, -0.1) is 0 Å². The lowest BCUT2D eigenvalue weighted by Gasteiger charge is -2.17. The minimum absolute atomic E-state index is 0.172. The Hall–Kier alpha value is -3.77. The average Bonchev–Trinajstić information content (AvgIpc) is 3.26. The Morgan fingerprint density at radius 2 is 1.89 bits per heavy atom. The largest absolute Gasteiger partial charge is 0.493 e. The summed E-state index contributed by atoms with van der Waals surface area (Å²) in [5, 5.41) is 3.65. The van der Waals surface area contributed by atoms with E-state index in [0.29, 0.717) is 35.2 Å².